The van der Waals surface area contributed by atoms with E-state index in [0.717, 1.165) is 6.07 Å². The third-order valence-electron chi connectivity index (χ3n) is 3.97. The van der Waals surface area contributed by atoms with E-state index in [4.69, 9.17) is 0 Å². The average Bonchev–Trinajstić information content (AvgIpc) is 2.56. The Labute approximate surface area is 149 Å². The Morgan fingerprint density at radius 3 is 2.27 bits per heavy atom. The van der Waals surface area contributed by atoms with Gasteiger partial charge < -0.3 is 5.32 Å². The maximum Gasteiger partial charge on any atom is 0.416 e. The van der Waals surface area contributed by atoms with E-state index in [1.807, 2.05) is 0 Å². The van der Waals surface area contributed by atoms with Crippen molar-refractivity contribution in [1.29, 1.82) is 0 Å². The number of carbonyl (C=O) groups is 1. The molecule has 26 heavy (non-hydrogen) atoms. The quantitative estimate of drug-likeness (QED) is 0.787. The molecule has 3 nitrogen and oxygen atoms in total. The second kappa shape index (κ2) is 8.31. The minimum atomic E-state index is -4.43. The molecule has 0 heterocycles. The first-order chi connectivity index (χ1) is 12.2. The van der Waals surface area contributed by atoms with Crippen LogP contribution in [0.3, 0.4) is 0 Å². The van der Waals surface area contributed by atoms with Crippen molar-refractivity contribution < 1.29 is 22.4 Å². The fourth-order valence-electron chi connectivity index (χ4n) is 2.76. The van der Waals surface area contributed by atoms with E-state index in [9.17, 15) is 22.4 Å². The van der Waals surface area contributed by atoms with Gasteiger partial charge in [-0.05, 0) is 49.8 Å². The van der Waals surface area contributed by atoms with Crippen LogP contribution in [0.1, 0.15) is 22.7 Å². The molecule has 140 valence electrons. The SMILES string of the molecule is CN(C)[C@H](C(=O)NCCc1ccccc1C(F)(F)F)c1ccc(F)cc1. The molecule has 1 atom stereocenters. The van der Waals surface area contributed by atoms with Crippen LogP contribution in [0.15, 0.2) is 48.5 Å². The lowest BCUT2D eigenvalue weighted by molar-refractivity contribution is -0.138. The van der Waals surface area contributed by atoms with Crippen LogP contribution in [0.5, 0.6) is 0 Å². The predicted molar refractivity (Wildman–Crippen MR) is 91.0 cm³/mol. The van der Waals surface area contributed by atoms with Gasteiger partial charge in [0, 0.05) is 6.54 Å². The first kappa shape index (κ1) is 19.9. The smallest absolute Gasteiger partial charge is 0.354 e. The fourth-order valence-corrected chi connectivity index (χ4v) is 2.76. The van der Waals surface area contributed by atoms with Crippen LogP contribution in [-0.2, 0) is 17.4 Å². The van der Waals surface area contributed by atoms with E-state index in [1.165, 1.54) is 42.5 Å². The minimum absolute atomic E-state index is 0.0605. The molecule has 1 amide bonds. The molecule has 2 rings (SSSR count). The van der Waals surface area contributed by atoms with Crippen molar-refractivity contribution in [3.8, 4) is 0 Å². The summed E-state index contributed by atoms with van der Waals surface area (Å²) in [6.45, 7) is 0.0669. The number of nitrogens with one attached hydrogen (secondary N) is 1. The fraction of sp³-hybridized carbons (Fsp3) is 0.316. The number of amides is 1. The summed E-state index contributed by atoms with van der Waals surface area (Å²) in [7, 11) is 3.40. The van der Waals surface area contributed by atoms with Crippen molar-refractivity contribution in [2.75, 3.05) is 20.6 Å². The van der Waals surface area contributed by atoms with Crippen molar-refractivity contribution in [2.24, 2.45) is 0 Å². The van der Waals surface area contributed by atoms with Gasteiger partial charge in [-0.15, -0.1) is 0 Å². The summed E-state index contributed by atoms with van der Waals surface area (Å²) in [6.07, 6.45) is -4.37. The number of hydrogen-bond donors (Lipinski definition) is 1. The van der Waals surface area contributed by atoms with Crippen molar-refractivity contribution in [3.05, 3.63) is 71.0 Å². The highest BCUT2D eigenvalue weighted by Crippen LogP contribution is 2.31. The zero-order chi connectivity index (χ0) is 19.3. The molecule has 1 N–H and O–H groups in total. The van der Waals surface area contributed by atoms with Crippen LogP contribution in [0.4, 0.5) is 17.6 Å². The van der Waals surface area contributed by atoms with Crippen LogP contribution >= 0.6 is 0 Å². The molecule has 0 radical (unpaired) electrons. The van der Waals surface area contributed by atoms with Crippen LogP contribution in [0.25, 0.3) is 0 Å². The van der Waals surface area contributed by atoms with Gasteiger partial charge in [0.25, 0.3) is 0 Å². The Kier molecular flexibility index (Phi) is 6.37. The Balaban J connectivity index is 2.04. The van der Waals surface area contributed by atoms with Crippen molar-refractivity contribution in [2.45, 2.75) is 18.6 Å². The van der Waals surface area contributed by atoms with Crippen molar-refractivity contribution in [1.82, 2.24) is 10.2 Å². The van der Waals surface area contributed by atoms with Gasteiger partial charge in [0.15, 0.2) is 0 Å². The van der Waals surface area contributed by atoms with E-state index >= 15 is 0 Å². The van der Waals surface area contributed by atoms with Crippen LogP contribution in [0.2, 0.25) is 0 Å². The number of halogens is 4. The number of likely N-dealkylation sites (N-methyl/N-ethyl adjacent to an activating group) is 1. The molecule has 0 saturated carbocycles. The molecule has 2 aromatic rings. The van der Waals surface area contributed by atoms with Crippen molar-refractivity contribution in [3.63, 3.8) is 0 Å². The topological polar surface area (TPSA) is 32.3 Å². The molecule has 0 aromatic heterocycles. The van der Waals surface area contributed by atoms with Crippen molar-refractivity contribution >= 4 is 5.91 Å². The Bertz CT molecular complexity index is 742. The highest BCUT2D eigenvalue weighted by molar-refractivity contribution is 5.83. The number of alkyl halides is 3. The molecule has 0 bridgehead atoms. The number of benzene rings is 2. The minimum Gasteiger partial charge on any atom is -0.354 e. The number of rotatable bonds is 6. The molecule has 0 aliphatic heterocycles. The molecule has 0 spiro atoms. The lowest BCUT2D eigenvalue weighted by Crippen LogP contribution is -2.38. The van der Waals surface area contributed by atoms with E-state index in [-0.39, 0.29) is 24.4 Å². The largest absolute Gasteiger partial charge is 0.416 e. The van der Waals surface area contributed by atoms with Gasteiger partial charge in [0.05, 0.1) is 5.56 Å². The van der Waals surface area contributed by atoms with Crippen LogP contribution in [0, 0.1) is 5.82 Å². The average molecular weight is 368 g/mol. The summed E-state index contributed by atoms with van der Waals surface area (Å²) in [5, 5.41) is 2.66. The first-order valence-corrected chi connectivity index (χ1v) is 8.05. The van der Waals surface area contributed by atoms with Gasteiger partial charge in [-0.25, -0.2) is 4.39 Å². The standard InChI is InChI=1S/C19H20F4N2O/c1-25(2)17(14-7-9-15(20)10-8-14)18(26)24-12-11-13-5-3-4-6-16(13)19(21,22)23/h3-10,17H,11-12H2,1-2H3,(H,24,26)/t17-/m0/s1. The van der Waals surface area contributed by atoms with Gasteiger partial charge in [0.1, 0.15) is 11.9 Å². The summed E-state index contributed by atoms with van der Waals surface area (Å²) in [4.78, 5) is 14.1. The molecule has 0 aliphatic rings. The Morgan fingerprint density at radius 1 is 1.08 bits per heavy atom. The second-order valence-corrected chi connectivity index (χ2v) is 6.11. The maximum atomic E-state index is 13.1. The highest BCUT2D eigenvalue weighted by atomic mass is 19.4. The zero-order valence-corrected chi connectivity index (χ0v) is 14.5. The molecule has 0 aliphatic carbocycles. The zero-order valence-electron chi connectivity index (χ0n) is 14.5. The lowest BCUT2D eigenvalue weighted by Gasteiger charge is -2.24. The van der Waals surface area contributed by atoms with Crippen LogP contribution in [-0.4, -0.2) is 31.4 Å². The highest BCUT2D eigenvalue weighted by Gasteiger charge is 2.32. The van der Waals surface area contributed by atoms with E-state index in [2.05, 4.69) is 5.32 Å². The molecular formula is C19H20F4N2O. The second-order valence-electron chi connectivity index (χ2n) is 6.11. The summed E-state index contributed by atoms with van der Waals surface area (Å²) < 4.78 is 52.1. The number of carbonyl (C=O) groups excluding carboxylic acids is 1. The lowest BCUT2D eigenvalue weighted by atomic mass is 10.0. The van der Waals surface area contributed by atoms with Gasteiger partial charge in [-0.2, -0.15) is 13.2 Å². The summed E-state index contributed by atoms with van der Waals surface area (Å²) in [5.41, 5.74) is 0.0324. The van der Waals surface area contributed by atoms with E-state index < -0.39 is 23.6 Å². The molecule has 2 aromatic carbocycles. The summed E-state index contributed by atoms with van der Waals surface area (Å²) >= 11 is 0. The van der Waals surface area contributed by atoms with E-state index in [0.29, 0.717) is 5.56 Å². The van der Waals surface area contributed by atoms with Gasteiger partial charge in [-0.3, -0.25) is 9.69 Å². The van der Waals surface area contributed by atoms with Gasteiger partial charge in [0.2, 0.25) is 5.91 Å². The molecule has 7 heteroatoms. The Hall–Kier alpha value is -2.41. The van der Waals surface area contributed by atoms with Gasteiger partial charge >= 0.3 is 6.18 Å². The Morgan fingerprint density at radius 2 is 1.69 bits per heavy atom. The molecule has 0 fully saturated rings. The number of hydrogen-bond acceptors (Lipinski definition) is 2. The van der Waals surface area contributed by atoms with Crippen LogP contribution < -0.4 is 5.32 Å². The molecule has 0 saturated heterocycles. The summed E-state index contributed by atoms with van der Waals surface area (Å²) in [5.74, 6) is -0.762. The number of nitrogens with zero attached hydrogens (tertiary/aromatic N) is 1. The monoisotopic (exact) mass is 368 g/mol. The third-order valence-corrected chi connectivity index (χ3v) is 3.97. The molecule has 0 unspecified atom stereocenters. The first-order valence-electron chi connectivity index (χ1n) is 8.05. The maximum absolute atomic E-state index is 13.1. The predicted octanol–water partition coefficient (Wildman–Crippen LogP) is 3.81. The van der Waals surface area contributed by atoms with Gasteiger partial charge in [-0.1, -0.05) is 30.3 Å². The molecular weight excluding hydrogens is 348 g/mol. The summed E-state index contributed by atoms with van der Waals surface area (Å²) in [6, 6.07) is 10.2. The third kappa shape index (κ3) is 5.05. The normalized spacial score (nSPS) is 12.9. The van der Waals surface area contributed by atoms with E-state index in [1.54, 1.807) is 19.0 Å².